The Balaban J connectivity index is 0.000000514. The highest BCUT2D eigenvalue weighted by molar-refractivity contribution is 7.16. The summed E-state index contributed by atoms with van der Waals surface area (Å²) in [5.74, 6) is 1.38. The fraction of sp³-hybridized carbons (Fsp3) is 0.273. The molecule has 3 N–H and O–H groups in total. The minimum absolute atomic E-state index is 0.636. The van der Waals surface area contributed by atoms with Crippen molar-refractivity contribution in [3.05, 3.63) is 17.6 Å². The zero-order chi connectivity index (χ0) is 12.4. The Kier molecular flexibility index (Phi) is 3.14. The van der Waals surface area contributed by atoms with Crippen molar-refractivity contribution in [3.63, 3.8) is 0 Å². The minimum Gasteiger partial charge on any atom is -0.383 e. The second-order valence-electron chi connectivity index (χ2n) is 3.16. The van der Waals surface area contributed by atoms with E-state index in [4.69, 9.17) is 5.73 Å². The summed E-state index contributed by atoms with van der Waals surface area (Å²) in [7, 11) is 1.82. The highest BCUT2D eigenvalue weighted by atomic mass is 32.1. The van der Waals surface area contributed by atoms with Crippen molar-refractivity contribution in [1.82, 2.24) is 14.4 Å². The molecule has 0 aliphatic heterocycles. The summed E-state index contributed by atoms with van der Waals surface area (Å²) in [5.41, 5.74) is 7.58. The van der Waals surface area contributed by atoms with Crippen LogP contribution in [0.15, 0.2) is 17.6 Å². The number of thiophene rings is 1. The number of hydrogen-bond acceptors (Lipinski definition) is 5. The van der Waals surface area contributed by atoms with Gasteiger partial charge in [-0.2, -0.15) is 0 Å². The van der Waals surface area contributed by atoms with Crippen LogP contribution in [0.1, 0.15) is 13.8 Å². The number of anilines is 2. The summed E-state index contributed by atoms with van der Waals surface area (Å²) in [6, 6.07) is 1.97. The minimum atomic E-state index is 0.636. The van der Waals surface area contributed by atoms with Crippen molar-refractivity contribution in [2.75, 3.05) is 18.1 Å². The number of nitrogens with two attached hydrogens (primary N) is 1. The van der Waals surface area contributed by atoms with E-state index in [9.17, 15) is 0 Å². The fourth-order valence-electron chi connectivity index (χ4n) is 1.63. The highest BCUT2D eigenvalue weighted by Gasteiger charge is 2.11. The number of rotatable bonds is 1. The smallest absolute Gasteiger partial charge is 0.182 e. The van der Waals surface area contributed by atoms with Gasteiger partial charge in [0.1, 0.15) is 16.2 Å². The molecule has 3 aromatic heterocycles. The molecule has 6 heteroatoms. The number of imidazole rings is 1. The zero-order valence-electron chi connectivity index (χ0n) is 10.1. The van der Waals surface area contributed by atoms with E-state index in [0.29, 0.717) is 5.82 Å². The van der Waals surface area contributed by atoms with E-state index in [0.717, 1.165) is 21.8 Å². The summed E-state index contributed by atoms with van der Waals surface area (Å²) < 4.78 is 1.92. The Morgan fingerprint density at radius 2 is 2.18 bits per heavy atom. The van der Waals surface area contributed by atoms with E-state index in [1.54, 1.807) is 17.5 Å². The molecule has 0 unspecified atom stereocenters. The van der Waals surface area contributed by atoms with Crippen LogP contribution in [0.2, 0.25) is 0 Å². The van der Waals surface area contributed by atoms with Gasteiger partial charge >= 0.3 is 0 Å². The summed E-state index contributed by atoms with van der Waals surface area (Å²) in [5, 5.41) is 5.02. The molecule has 0 saturated heterocycles. The second kappa shape index (κ2) is 4.58. The van der Waals surface area contributed by atoms with Gasteiger partial charge in [-0.15, -0.1) is 11.3 Å². The Morgan fingerprint density at radius 3 is 2.88 bits per heavy atom. The molecule has 0 fully saturated rings. The molecule has 3 rings (SSSR count). The van der Waals surface area contributed by atoms with E-state index in [2.05, 4.69) is 15.3 Å². The van der Waals surface area contributed by atoms with Crippen molar-refractivity contribution in [3.8, 4) is 0 Å². The van der Waals surface area contributed by atoms with Gasteiger partial charge in [0, 0.05) is 7.05 Å². The lowest BCUT2D eigenvalue weighted by molar-refractivity contribution is 1.22. The lowest BCUT2D eigenvalue weighted by atomic mass is 10.5. The molecule has 0 atom stereocenters. The Bertz CT molecular complexity index is 640. The summed E-state index contributed by atoms with van der Waals surface area (Å²) in [4.78, 5) is 9.72. The highest BCUT2D eigenvalue weighted by Crippen LogP contribution is 2.26. The first kappa shape index (κ1) is 11.7. The van der Waals surface area contributed by atoms with Gasteiger partial charge in [-0.3, -0.25) is 4.40 Å². The lowest BCUT2D eigenvalue weighted by Crippen LogP contribution is -1.99. The second-order valence-corrected chi connectivity index (χ2v) is 4.06. The summed E-state index contributed by atoms with van der Waals surface area (Å²) in [6.07, 6.45) is 1.65. The number of aromatic nitrogens is 3. The van der Waals surface area contributed by atoms with Gasteiger partial charge in [-0.25, -0.2) is 9.97 Å². The van der Waals surface area contributed by atoms with Gasteiger partial charge in [-0.1, -0.05) is 13.8 Å². The molecule has 17 heavy (non-hydrogen) atoms. The average molecular weight is 249 g/mol. The van der Waals surface area contributed by atoms with Crippen LogP contribution in [0.4, 0.5) is 11.6 Å². The van der Waals surface area contributed by atoms with Gasteiger partial charge in [0.25, 0.3) is 0 Å². The van der Waals surface area contributed by atoms with Crippen molar-refractivity contribution >= 4 is 39.0 Å². The molecule has 5 nitrogen and oxygen atoms in total. The molecule has 3 heterocycles. The normalized spacial score (nSPS) is 10.3. The molecule has 0 aliphatic carbocycles. The third-order valence-electron chi connectivity index (χ3n) is 2.30. The maximum Gasteiger partial charge on any atom is 0.182 e. The standard InChI is InChI=1S/C9H9N5S.C2H6/c1-11-7-8-12-4-6(10)14(8)9-5(13-7)2-3-15-9;1-2/h2-4H,10H2,1H3,(H,11,13);1-2H3. The fourth-order valence-corrected chi connectivity index (χ4v) is 2.49. The molecule has 0 aliphatic rings. The predicted octanol–water partition coefficient (Wildman–Crippen LogP) is 2.59. The largest absolute Gasteiger partial charge is 0.383 e. The van der Waals surface area contributed by atoms with E-state index in [1.165, 1.54) is 0 Å². The van der Waals surface area contributed by atoms with Crippen LogP contribution in [0.5, 0.6) is 0 Å². The monoisotopic (exact) mass is 249 g/mol. The third-order valence-corrected chi connectivity index (χ3v) is 3.18. The van der Waals surface area contributed by atoms with E-state index in [1.807, 2.05) is 36.7 Å². The first-order valence-electron chi connectivity index (χ1n) is 5.49. The molecule has 0 saturated carbocycles. The molecule has 0 aromatic carbocycles. The number of hydrogen-bond donors (Lipinski definition) is 2. The molecular weight excluding hydrogens is 234 g/mol. The summed E-state index contributed by atoms with van der Waals surface area (Å²) in [6.45, 7) is 4.00. The van der Waals surface area contributed by atoms with Crippen LogP contribution >= 0.6 is 11.3 Å². The van der Waals surface area contributed by atoms with Gasteiger partial charge in [0.15, 0.2) is 11.5 Å². The summed E-state index contributed by atoms with van der Waals surface area (Å²) >= 11 is 1.61. The zero-order valence-corrected chi connectivity index (χ0v) is 10.9. The Morgan fingerprint density at radius 1 is 1.41 bits per heavy atom. The maximum atomic E-state index is 5.88. The lowest BCUT2D eigenvalue weighted by Gasteiger charge is -2.03. The Hall–Kier alpha value is -1.82. The van der Waals surface area contributed by atoms with Crippen LogP contribution < -0.4 is 11.1 Å². The van der Waals surface area contributed by atoms with Crippen LogP contribution in [-0.2, 0) is 0 Å². The van der Waals surface area contributed by atoms with Crippen molar-refractivity contribution in [2.45, 2.75) is 13.8 Å². The van der Waals surface area contributed by atoms with Gasteiger partial charge in [0.2, 0.25) is 0 Å². The number of nitrogens with one attached hydrogen (secondary N) is 1. The van der Waals surface area contributed by atoms with Crippen LogP contribution in [0.3, 0.4) is 0 Å². The topological polar surface area (TPSA) is 68.2 Å². The van der Waals surface area contributed by atoms with Crippen molar-refractivity contribution in [2.24, 2.45) is 0 Å². The molecule has 0 spiro atoms. The van der Waals surface area contributed by atoms with Gasteiger partial charge in [-0.05, 0) is 11.4 Å². The Labute approximate surface area is 103 Å². The van der Waals surface area contributed by atoms with Crippen LogP contribution in [0.25, 0.3) is 16.0 Å². The molecule has 3 aromatic rings. The van der Waals surface area contributed by atoms with Crippen molar-refractivity contribution < 1.29 is 0 Å². The van der Waals surface area contributed by atoms with E-state index < -0.39 is 0 Å². The quantitative estimate of drug-likeness (QED) is 0.695. The average Bonchev–Trinajstić information content (AvgIpc) is 2.97. The van der Waals surface area contributed by atoms with Gasteiger partial charge < -0.3 is 11.1 Å². The first-order chi connectivity index (χ1) is 8.31. The molecule has 0 radical (unpaired) electrons. The van der Waals surface area contributed by atoms with Gasteiger partial charge in [0.05, 0.1) is 6.20 Å². The number of nitrogens with zero attached hydrogens (tertiary/aromatic N) is 3. The van der Waals surface area contributed by atoms with Crippen LogP contribution in [0, 0.1) is 0 Å². The molecular formula is C11H15N5S. The van der Waals surface area contributed by atoms with E-state index in [-0.39, 0.29) is 0 Å². The molecule has 90 valence electrons. The van der Waals surface area contributed by atoms with E-state index >= 15 is 0 Å². The number of nitrogen functional groups attached to an aromatic ring is 1. The maximum absolute atomic E-state index is 5.88. The third kappa shape index (κ3) is 1.70. The first-order valence-corrected chi connectivity index (χ1v) is 6.37. The molecule has 0 amide bonds. The SMILES string of the molecule is CC.CNc1nc2ccsc2n2c(N)cnc12. The van der Waals surface area contributed by atoms with Crippen LogP contribution in [-0.4, -0.2) is 21.4 Å². The predicted molar refractivity (Wildman–Crippen MR) is 73.7 cm³/mol. The molecule has 0 bridgehead atoms. The number of fused-ring (bicyclic) bond motifs is 3. The van der Waals surface area contributed by atoms with Crippen molar-refractivity contribution in [1.29, 1.82) is 0 Å².